The van der Waals surface area contributed by atoms with Crippen molar-refractivity contribution in [3.05, 3.63) is 0 Å². The van der Waals surface area contributed by atoms with Gasteiger partial charge < -0.3 is 86.8 Å². The maximum atomic E-state index is 14.6. The summed E-state index contributed by atoms with van der Waals surface area (Å²) in [7, 11) is 0. The maximum Gasteiger partial charge on any atom is 0.323 e. The summed E-state index contributed by atoms with van der Waals surface area (Å²) in [6, 6.07) is -0.649. The molecule has 4 fully saturated rings. The summed E-state index contributed by atoms with van der Waals surface area (Å²) in [4.78, 5) is 121. The van der Waals surface area contributed by atoms with Gasteiger partial charge in [0.15, 0.2) is 23.1 Å². The van der Waals surface area contributed by atoms with E-state index in [4.69, 9.17) is 76.2 Å². The fourth-order valence-corrected chi connectivity index (χ4v) is 7.68. The van der Waals surface area contributed by atoms with Crippen LogP contribution in [0.5, 0.6) is 0 Å². The van der Waals surface area contributed by atoms with E-state index < -0.39 is 161 Å². The molecule has 474 valence electrons. The lowest BCUT2D eigenvalue weighted by molar-refractivity contribution is -0.283. The number of rotatable bonds is 28. The molecular weight excluding hydrogens is 1100 g/mol. The molecule has 0 saturated carbocycles. The van der Waals surface area contributed by atoms with E-state index in [1.54, 1.807) is 83.1 Å². The SMILES string of the molecule is CC1(C)OCC(C)(C(=O)OCC(C)(COC(=O)C2(C)COC(C)(C)OC2)C(=O)OCC(C)(COC(=O)C(C)(COC(=O)C2(C)COC(C)(C)OC2)COC(=O)C2(C)COC(C)(C)OC2)C(=O)OCCCCCCNC(=O)NCC(=O)O)CO1. The van der Waals surface area contributed by atoms with Crippen molar-refractivity contribution in [2.24, 2.45) is 37.9 Å². The molecule has 4 heterocycles. The van der Waals surface area contributed by atoms with Gasteiger partial charge in [0.2, 0.25) is 0 Å². The molecular formula is C56H90N2O25. The normalized spacial score (nSPS) is 21.1. The van der Waals surface area contributed by atoms with Crippen molar-refractivity contribution in [1.82, 2.24) is 10.6 Å². The lowest BCUT2D eigenvalue weighted by Gasteiger charge is -2.41. The van der Waals surface area contributed by atoms with Gasteiger partial charge in [0.25, 0.3) is 0 Å². The molecule has 4 rings (SSSR count). The van der Waals surface area contributed by atoms with Crippen molar-refractivity contribution < 1.29 is 119 Å². The highest BCUT2D eigenvalue weighted by Gasteiger charge is 2.52. The number of aliphatic carboxylic acids is 1. The molecule has 83 heavy (non-hydrogen) atoms. The van der Waals surface area contributed by atoms with Crippen LogP contribution in [0, 0.1) is 37.9 Å². The van der Waals surface area contributed by atoms with E-state index in [-0.39, 0.29) is 66.0 Å². The number of carbonyl (C=O) groups excluding carboxylic acids is 8. The molecule has 4 aliphatic rings. The van der Waals surface area contributed by atoms with Crippen LogP contribution < -0.4 is 10.6 Å². The number of carbonyl (C=O) groups is 9. The molecule has 0 radical (unpaired) electrons. The van der Waals surface area contributed by atoms with E-state index in [0.717, 1.165) is 0 Å². The molecule has 27 nitrogen and oxygen atoms in total. The standard InChI is InChI=1S/C56H90N2O25/c1-46(2)76-29-53(12,30-77-46)41(64)72-25-51(10,26-73-42(65)54(13)31-78-47(3,4)79-32-54)39(62)70-23-50(9,38(61)69-21-19-17-16-18-20-57-45(68)58-22-37(59)60)24-71-40(63)52(11,27-74-43(66)55(14)33-80-48(5,6)81-34-55)28-75-44(67)56(15)35-82-49(7,8)83-36-56/h16-36H2,1-15H3,(H,59,60)(H2,57,58,68). The second kappa shape index (κ2) is 27.8. The number of nitrogens with one attached hydrogen (secondary N) is 2. The monoisotopic (exact) mass is 1190 g/mol. The third kappa shape index (κ3) is 20.4. The summed E-state index contributed by atoms with van der Waals surface area (Å²) in [5.74, 6) is -11.6. The van der Waals surface area contributed by atoms with Crippen LogP contribution in [0.15, 0.2) is 0 Å². The lowest BCUT2D eigenvalue weighted by Crippen LogP contribution is -2.52. The molecule has 2 amide bonds. The van der Waals surface area contributed by atoms with Crippen LogP contribution in [0.1, 0.15) is 130 Å². The molecule has 0 atom stereocenters. The van der Waals surface area contributed by atoms with Gasteiger partial charge in [0, 0.05) is 6.54 Å². The van der Waals surface area contributed by atoms with E-state index in [1.165, 1.54) is 20.8 Å². The number of esters is 7. The first kappa shape index (κ1) is 70.2. The first-order valence-corrected chi connectivity index (χ1v) is 27.7. The molecule has 0 aromatic carbocycles. The van der Waals surface area contributed by atoms with Crippen LogP contribution >= 0.6 is 0 Å². The number of ether oxygens (including phenoxy) is 15. The predicted octanol–water partition coefficient (Wildman–Crippen LogP) is 3.91. The number of amides is 2. The summed E-state index contributed by atoms with van der Waals surface area (Å²) >= 11 is 0. The van der Waals surface area contributed by atoms with E-state index in [1.807, 2.05) is 0 Å². The Morgan fingerprint density at radius 2 is 0.627 bits per heavy atom. The fraction of sp³-hybridized carbons (Fsp3) is 0.839. The summed E-state index contributed by atoms with van der Waals surface area (Å²) < 4.78 is 86.2. The minimum Gasteiger partial charge on any atom is -0.480 e. The number of carboxylic acids is 1. The Morgan fingerprint density at radius 1 is 0.373 bits per heavy atom. The minimum atomic E-state index is -2.02. The van der Waals surface area contributed by atoms with Crippen LogP contribution in [0.25, 0.3) is 0 Å². The first-order valence-electron chi connectivity index (χ1n) is 27.7. The third-order valence-corrected chi connectivity index (χ3v) is 14.5. The molecule has 3 N–H and O–H groups in total. The number of hydrogen-bond donors (Lipinski definition) is 3. The van der Waals surface area contributed by atoms with Gasteiger partial charge >= 0.3 is 53.8 Å². The molecule has 27 heteroatoms. The molecule has 0 aromatic heterocycles. The average molecular weight is 1190 g/mol. The molecule has 4 saturated heterocycles. The van der Waals surface area contributed by atoms with Crippen molar-refractivity contribution in [3.63, 3.8) is 0 Å². The van der Waals surface area contributed by atoms with E-state index in [9.17, 15) is 43.2 Å². The minimum absolute atomic E-state index is 0.0948. The largest absolute Gasteiger partial charge is 0.480 e. The maximum absolute atomic E-state index is 14.6. The zero-order valence-corrected chi connectivity index (χ0v) is 51.1. The Hall–Kier alpha value is -5.29. The van der Waals surface area contributed by atoms with Crippen molar-refractivity contribution in [2.45, 2.75) is 153 Å². The summed E-state index contributed by atoms with van der Waals surface area (Å²) in [6.45, 7) is 17.7. The van der Waals surface area contributed by atoms with E-state index in [0.29, 0.717) is 25.7 Å². The van der Waals surface area contributed by atoms with E-state index >= 15 is 0 Å². The Labute approximate surface area is 485 Å². The van der Waals surface area contributed by atoms with Gasteiger partial charge in [-0.1, -0.05) is 6.42 Å². The Morgan fingerprint density at radius 3 is 0.904 bits per heavy atom. The van der Waals surface area contributed by atoms with Crippen LogP contribution in [-0.4, -0.2) is 194 Å². The van der Waals surface area contributed by atoms with Crippen LogP contribution in [0.4, 0.5) is 4.79 Å². The van der Waals surface area contributed by atoms with Gasteiger partial charge in [0.05, 0.1) is 59.5 Å². The van der Waals surface area contributed by atoms with Gasteiger partial charge in [-0.25, -0.2) is 4.79 Å². The zero-order chi connectivity index (χ0) is 62.6. The van der Waals surface area contributed by atoms with Gasteiger partial charge in [-0.3, -0.25) is 38.4 Å². The Kier molecular flexibility index (Phi) is 23.5. The first-order chi connectivity index (χ1) is 38.2. The quantitative estimate of drug-likeness (QED) is 0.0568. The number of unbranched alkanes of at least 4 members (excludes halogenated alkanes) is 3. The predicted molar refractivity (Wildman–Crippen MR) is 285 cm³/mol. The lowest BCUT2D eigenvalue weighted by atomic mass is 9.89. The average Bonchev–Trinajstić information content (AvgIpc) is 3.47. The smallest absolute Gasteiger partial charge is 0.323 e. The highest BCUT2D eigenvalue weighted by atomic mass is 16.7. The second-order valence-corrected chi connectivity index (χ2v) is 25.8. The molecule has 0 aromatic rings. The number of hydrogen-bond acceptors (Lipinski definition) is 24. The van der Waals surface area contributed by atoms with Crippen molar-refractivity contribution in [1.29, 1.82) is 0 Å². The highest BCUT2D eigenvalue weighted by Crippen LogP contribution is 2.37. The van der Waals surface area contributed by atoms with Crippen molar-refractivity contribution in [2.75, 3.05) is 112 Å². The van der Waals surface area contributed by atoms with Crippen LogP contribution in [0.3, 0.4) is 0 Å². The topological polar surface area (TPSA) is 336 Å². The summed E-state index contributed by atoms with van der Waals surface area (Å²) in [5, 5.41) is 13.5. The van der Waals surface area contributed by atoms with Gasteiger partial charge in [0.1, 0.15) is 84.1 Å². The summed E-state index contributed by atoms with van der Waals surface area (Å²) in [5.41, 5.74) is -11.2. The molecule has 0 unspecified atom stereocenters. The molecule has 0 bridgehead atoms. The number of urea groups is 1. The molecule has 0 spiro atoms. The molecule has 4 aliphatic heterocycles. The van der Waals surface area contributed by atoms with E-state index in [2.05, 4.69) is 10.6 Å². The van der Waals surface area contributed by atoms with Gasteiger partial charge in [-0.05, 0) is 123 Å². The van der Waals surface area contributed by atoms with Gasteiger partial charge in [-0.15, -0.1) is 0 Å². The highest BCUT2D eigenvalue weighted by molar-refractivity contribution is 5.84. The van der Waals surface area contributed by atoms with Crippen LogP contribution in [-0.2, 0) is 109 Å². The second-order valence-electron chi connectivity index (χ2n) is 25.8. The Bertz CT molecular complexity index is 2060. The van der Waals surface area contributed by atoms with Crippen LogP contribution in [0.2, 0.25) is 0 Å². The van der Waals surface area contributed by atoms with Gasteiger partial charge in [-0.2, -0.15) is 0 Å². The summed E-state index contributed by atoms with van der Waals surface area (Å²) in [6.07, 6.45) is 1.88. The third-order valence-electron chi connectivity index (χ3n) is 14.5. The molecule has 0 aliphatic carbocycles. The fourth-order valence-electron chi connectivity index (χ4n) is 7.68. The number of carboxylic acid groups (broad SMARTS) is 1. The Balaban J connectivity index is 1.59. The van der Waals surface area contributed by atoms with Crippen molar-refractivity contribution >= 4 is 53.8 Å². The zero-order valence-electron chi connectivity index (χ0n) is 51.1. The van der Waals surface area contributed by atoms with Crippen molar-refractivity contribution in [3.8, 4) is 0 Å².